The standard InChI is InChI=1S/C16H28N4S/c1-5-17-16(18-11-12-21-4)19-13-15(20(2)3)14-9-7-6-8-10-14/h6-10,15H,5,11-13H2,1-4H3,(H2,17,18,19). The fraction of sp³-hybridized carbons (Fsp3) is 0.562. The van der Waals surface area contributed by atoms with Crippen LogP contribution in [0.3, 0.4) is 0 Å². The summed E-state index contributed by atoms with van der Waals surface area (Å²) in [6.45, 7) is 4.64. The Morgan fingerprint density at radius 2 is 1.95 bits per heavy atom. The molecule has 0 aliphatic heterocycles. The molecule has 0 heterocycles. The molecule has 0 aliphatic carbocycles. The normalized spacial score (nSPS) is 13.3. The first kappa shape index (κ1) is 17.9. The second-order valence-corrected chi connectivity index (χ2v) is 6.01. The smallest absolute Gasteiger partial charge is 0.191 e. The van der Waals surface area contributed by atoms with Gasteiger partial charge in [-0.25, -0.2) is 0 Å². The Hall–Kier alpha value is -1.20. The third-order valence-corrected chi connectivity index (χ3v) is 3.79. The number of rotatable bonds is 8. The van der Waals surface area contributed by atoms with Gasteiger partial charge < -0.3 is 15.5 Å². The average molecular weight is 308 g/mol. The van der Waals surface area contributed by atoms with Crippen LogP contribution in [0.2, 0.25) is 0 Å². The number of guanidine groups is 1. The van der Waals surface area contributed by atoms with E-state index in [9.17, 15) is 0 Å². The zero-order valence-electron chi connectivity index (χ0n) is 13.6. The third-order valence-electron chi connectivity index (χ3n) is 3.17. The van der Waals surface area contributed by atoms with Crippen molar-refractivity contribution in [3.63, 3.8) is 0 Å². The van der Waals surface area contributed by atoms with Gasteiger partial charge in [0.05, 0.1) is 12.6 Å². The van der Waals surface area contributed by atoms with Gasteiger partial charge in [0, 0.05) is 18.8 Å². The second kappa shape index (κ2) is 10.5. The minimum absolute atomic E-state index is 0.294. The molecule has 1 atom stereocenters. The molecule has 5 heteroatoms. The van der Waals surface area contributed by atoms with E-state index >= 15 is 0 Å². The molecule has 1 aromatic rings. The number of thioether (sulfide) groups is 1. The maximum Gasteiger partial charge on any atom is 0.191 e. The Balaban J connectivity index is 2.69. The Morgan fingerprint density at radius 1 is 1.24 bits per heavy atom. The molecule has 0 aromatic heterocycles. The lowest BCUT2D eigenvalue weighted by molar-refractivity contribution is 0.306. The Kier molecular flexibility index (Phi) is 8.94. The molecule has 1 unspecified atom stereocenters. The van der Waals surface area contributed by atoms with Gasteiger partial charge in [-0.05, 0) is 32.8 Å². The SMILES string of the molecule is CCNC(=NCC(c1ccccc1)N(C)C)NCCSC. The molecule has 4 nitrogen and oxygen atoms in total. The molecule has 0 bridgehead atoms. The topological polar surface area (TPSA) is 39.7 Å². The molecule has 2 N–H and O–H groups in total. The molecule has 0 amide bonds. The molecule has 0 spiro atoms. The molecule has 0 fully saturated rings. The summed E-state index contributed by atoms with van der Waals surface area (Å²) in [5.74, 6) is 1.98. The molecular weight excluding hydrogens is 280 g/mol. The van der Waals surface area contributed by atoms with Crippen LogP contribution in [0.5, 0.6) is 0 Å². The lowest BCUT2D eigenvalue weighted by Gasteiger charge is -2.23. The summed E-state index contributed by atoms with van der Waals surface area (Å²) in [5.41, 5.74) is 1.30. The largest absolute Gasteiger partial charge is 0.357 e. The third kappa shape index (κ3) is 6.87. The van der Waals surface area contributed by atoms with Crippen LogP contribution in [0.25, 0.3) is 0 Å². The van der Waals surface area contributed by atoms with Crippen molar-refractivity contribution < 1.29 is 0 Å². The first-order valence-electron chi connectivity index (χ1n) is 7.41. The van der Waals surface area contributed by atoms with Crippen molar-refractivity contribution in [1.29, 1.82) is 0 Å². The van der Waals surface area contributed by atoms with Crippen molar-refractivity contribution in [2.24, 2.45) is 4.99 Å². The zero-order chi connectivity index (χ0) is 15.5. The quantitative estimate of drug-likeness (QED) is 0.439. The maximum absolute atomic E-state index is 4.73. The average Bonchev–Trinajstić information content (AvgIpc) is 2.48. The van der Waals surface area contributed by atoms with Crippen LogP contribution in [-0.2, 0) is 0 Å². The van der Waals surface area contributed by atoms with Crippen LogP contribution >= 0.6 is 11.8 Å². The predicted molar refractivity (Wildman–Crippen MR) is 95.2 cm³/mol. The highest BCUT2D eigenvalue weighted by molar-refractivity contribution is 7.98. The zero-order valence-corrected chi connectivity index (χ0v) is 14.4. The van der Waals surface area contributed by atoms with E-state index in [1.807, 2.05) is 17.8 Å². The van der Waals surface area contributed by atoms with Crippen LogP contribution in [-0.4, -0.2) is 56.6 Å². The number of aliphatic imine (C=N–C) groups is 1. The van der Waals surface area contributed by atoms with Gasteiger partial charge in [-0.2, -0.15) is 11.8 Å². The highest BCUT2D eigenvalue weighted by Gasteiger charge is 2.13. The maximum atomic E-state index is 4.73. The summed E-state index contributed by atoms with van der Waals surface area (Å²) in [6, 6.07) is 10.8. The van der Waals surface area contributed by atoms with Gasteiger partial charge >= 0.3 is 0 Å². The molecule has 0 saturated carbocycles. The van der Waals surface area contributed by atoms with Crippen molar-refractivity contribution in [1.82, 2.24) is 15.5 Å². The van der Waals surface area contributed by atoms with Gasteiger partial charge in [-0.15, -0.1) is 0 Å². The van der Waals surface area contributed by atoms with Crippen molar-refractivity contribution >= 4 is 17.7 Å². The molecule has 1 aromatic carbocycles. The summed E-state index contributed by atoms with van der Waals surface area (Å²) in [5, 5.41) is 6.67. The highest BCUT2D eigenvalue weighted by atomic mass is 32.2. The molecule has 0 aliphatic rings. The first-order valence-corrected chi connectivity index (χ1v) is 8.81. The van der Waals surface area contributed by atoms with Crippen LogP contribution in [0.4, 0.5) is 0 Å². The Morgan fingerprint density at radius 3 is 2.52 bits per heavy atom. The van der Waals surface area contributed by atoms with Gasteiger partial charge in [-0.3, -0.25) is 4.99 Å². The first-order chi connectivity index (χ1) is 10.2. The summed E-state index contributed by atoms with van der Waals surface area (Å²) < 4.78 is 0. The van der Waals surface area contributed by atoms with E-state index in [1.54, 1.807) is 0 Å². The summed E-state index contributed by atoms with van der Waals surface area (Å²) in [6.07, 6.45) is 2.11. The fourth-order valence-corrected chi connectivity index (χ4v) is 2.34. The van der Waals surface area contributed by atoms with Crippen LogP contribution in [0.15, 0.2) is 35.3 Å². The predicted octanol–water partition coefficient (Wildman–Crippen LogP) is 2.21. The van der Waals surface area contributed by atoms with Crippen LogP contribution in [0, 0.1) is 0 Å². The van der Waals surface area contributed by atoms with Crippen molar-refractivity contribution in [3.8, 4) is 0 Å². The fourth-order valence-electron chi connectivity index (χ4n) is 2.03. The van der Waals surface area contributed by atoms with Gasteiger partial charge in [0.25, 0.3) is 0 Å². The van der Waals surface area contributed by atoms with Crippen molar-refractivity contribution in [2.45, 2.75) is 13.0 Å². The molecule has 21 heavy (non-hydrogen) atoms. The van der Waals surface area contributed by atoms with E-state index in [2.05, 4.69) is 67.1 Å². The number of hydrogen-bond donors (Lipinski definition) is 2. The summed E-state index contributed by atoms with van der Waals surface area (Å²) in [4.78, 5) is 6.94. The summed E-state index contributed by atoms with van der Waals surface area (Å²) in [7, 11) is 4.20. The minimum atomic E-state index is 0.294. The van der Waals surface area contributed by atoms with E-state index < -0.39 is 0 Å². The lowest BCUT2D eigenvalue weighted by atomic mass is 10.1. The lowest BCUT2D eigenvalue weighted by Crippen LogP contribution is -2.39. The number of likely N-dealkylation sites (N-methyl/N-ethyl adjacent to an activating group) is 1. The van der Waals surface area contributed by atoms with E-state index in [0.29, 0.717) is 6.04 Å². The van der Waals surface area contributed by atoms with Gasteiger partial charge in [-0.1, -0.05) is 30.3 Å². The highest BCUT2D eigenvalue weighted by Crippen LogP contribution is 2.17. The Bertz CT molecular complexity index is 406. The minimum Gasteiger partial charge on any atom is -0.357 e. The second-order valence-electron chi connectivity index (χ2n) is 5.03. The monoisotopic (exact) mass is 308 g/mol. The van der Waals surface area contributed by atoms with Gasteiger partial charge in [0.2, 0.25) is 0 Å². The molecule has 0 saturated heterocycles. The number of hydrogen-bond acceptors (Lipinski definition) is 3. The summed E-state index contributed by atoms with van der Waals surface area (Å²) >= 11 is 1.83. The molecule has 0 radical (unpaired) electrons. The van der Waals surface area contributed by atoms with E-state index in [-0.39, 0.29) is 0 Å². The van der Waals surface area contributed by atoms with Gasteiger partial charge in [0.1, 0.15) is 0 Å². The number of nitrogens with one attached hydrogen (secondary N) is 2. The number of nitrogens with zero attached hydrogens (tertiary/aromatic N) is 2. The Labute approximate surface area is 133 Å². The van der Waals surface area contributed by atoms with Crippen molar-refractivity contribution in [2.75, 3.05) is 45.7 Å². The van der Waals surface area contributed by atoms with Crippen LogP contribution in [0.1, 0.15) is 18.5 Å². The number of benzene rings is 1. The van der Waals surface area contributed by atoms with Crippen molar-refractivity contribution in [3.05, 3.63) is 35.9 Å². The van der Waals surface area contributed by atoms with E-state index in [4.69, 9.17) is 4.99 Å². The van der Waals surface area contributed by atoms with Gasteiger partial charge in [0.15, 0.2) is 5.96 Å². The molecule has 1 rings (SSSR count). The van der Waals surface area contributed by atoms with E-state index in [0.717, 1.165) is 31.3 Å². The molecule has 118 valence electrons. The molecular formula is C16H28N4S. The van der Waals surface area contributed by atoms with E-state index in [1.165, 1.54) is 5.56 Å². The van der Waals surface area contributed by atoms with Crippen LogP contribution < -0.4 is 10.6 Å².